The van der Waals surface area contributed by atoms with Crippen molar-refractivity contribution in [2.75, 3.05) is 44.1 Å². The Morgan fingerprint density at radius 3 is 1.19 bits per heavy atom. The first kappa shape index (κ1) is 96.2. The summed E-state index contributed by atoms with van der Waals surface area (Å²) < 4.78 is 111. The summed E-state index contributed by atoms with van der Waals surface area (Å²) in [7, 11) is -2.96. The van der Waals surface area contributed by atoms with Crippen LogP contribution in [0.5, 0.6) is 0 Å². The molecule has 38 nitrogen and oxygen atoms in total. The molecule has 7 saturated heterocycles. The summed E-state index contributed by atoms with van der Waals surface area (Å²) in [6, 6.07) is 1.23. The first-order valence-electron chi connectivity index (χ1n) is 40.5. The van der Waals surface area contributed by atoms with E-state index < -0.39 is 128 Å². The standard InChI is InChI=1S/C20H32N5O6P.C20H32N5O5PS.C20H31N5O3.C18H31N2O7PS/c1-18(2,3)9-20-7-8-28-13(14(20)30-32(26,27)31-19(4,5)6)17(29-20)25-11-24-12-15(21)22-10-23-16(12)25;1-18(2,3)9-20-7-8-27-13(14(20)29-31(26,32)30-19(4,5)6)17(28-20)25-11-24-12-15(21)22-10-23-16(12)25;1-18(2,3)9-20-7-8-26-13(14(20)27-19(4,5)6)17(28-20)25-11-24-12-15(21)22-10-23-16(12)25;1-17(2,3)10-11-13(26-28(23,29)27-18(4,5)6)14(24-7)15(25-11)20-9-8-12(21)19-16(20)22/h10-11,13-14,17H,7-9H2,1-6H3,(H,26,27)(H2,21,22,23);10-11,13-14,17H,7-9H2,1-6H3,(H,26,32)(H2,21,22,23);10-11,13-14,17H,7-9H2,1-6H3,(H2,21,22,23);8-9,11,13-15H,10H2,1-7H3,(H,23,29)(H,19,21,22)/t13?,14-,17-,20-;13?,14-,17-,20-,31?;13?,14-,17-,20-;11-,13+,14?,15-,28?/m1111/s1. The third-order valence-corrected chi connectivity index (χ3v) is 25.0. The molecule has 43 heteroatoms. The highest BCUT2D eigenvalue weighted by atomic mass is 32.5. The average Bonchev–Trinajstić information content (AvgIpc) is 1.58. The highest BCUT2D eigenvalue weighted by molar-refractivity contribution is 8.07. The number of methoxy groups -OCH3 is 1. The fourth-order valence-corrected chi connectivity index (χ4v) is 22.9. The zero-order chi connectivity index (χ0) is 89.6. The van der Waals surface area contributed by atoms with Gasteiger partial charge in [-0.05, 0) is 154 Å². The van der Waals surface area contributed by atoms with Gasteiger partial charge < -0.3 is 83.6 Å². The number of anilines is 3. The molecule has 7 fully saturated rings. The number of nitrogens with one attached hydrogen (secondary N) is 1. The summed E-state index contributed by atoms with van der Waals surface area (Å²) in [6.45, 7) is 41.9. The van der Waals surface area contributed by atoms with Crippen molar-refractivity contribution in [2.45, 2.75) is 330 Å². The number of nitrogens with two attached hydrogens (primary N) is 3. The summed E-state index contributed by atoms with van der Waals surface area (Å²) in [6.07, 6.45) is 7.32. The Kier molecular flexibility index (Phi) is 27.8. The van der Waals surface area contributed by atoms with E-state index in [1.54, 1.807) is 69.7 Å². The first-order valence-corrected chi connectivity index (χ1v) is 47.2. The molecule has 676 valence electrons. The van der Waals surface area contributed by atoms with Crippen LogP contribution >= 0.6 is 21.3 Å². The first-order chi connectivity index (χ1) is 55.5. The molecule has 0 aromatic carbocycles. The third-order valence-electron chi connectivity index (χ3n) is 20.2. The smallest absolute Gasteiger partial charge is 0.382 e. The predicted molar refractivity (Wildman–Crippen MR) is 458 cm³/mol. The number of H-pyrrole nitrogens is 1. The second-order valence-electron chi connectivity index (χ2n) is 40.8. The Labute approximate surface area is 716 Å². The maximum atomic E-state index is 12.9. The zero-order valence-electron chi connectivity index (χ0n) is 74.1. The molecule has 7 aromatic rings. The minimum Gasteiger partial charge on any atom is -0.382 e. The Balaban J connectivity index is 0.000000158. The molecule has 7 aliphatic rings. The van der Waals surface area contributed by atoms with Crippen LogP contribution in [-0.2, 0) is 98.0 Å². The SMILES string of the molecule is CC(C)(C)C[C@@]12CCOC([C@H](n3cnc4c(N)ncnc43)O1)[C@H]2OC(C)(C)C.CC(C)(C)C[C@@]12CCOC([C@H](n3cnc4c(N)ncnc43)O1)[C@H]2OP(=O)(O)OC(C)(C)C.CC(C)(C)C[C@@]12CCOC([C@H](n3cnc4c(N)ncnc43)O1)[C@H]2OP(O)(=S)OC(C)(C)C.COC1[C@@H](OP(O)(=S)OC(C)(C)C)[C@@H](CC(C)(C)C)O[C@H]1n1ccc(=O)[nH]c1=O. The van der Waals surface area contributed by atoms with Crippen molar-refractivity contribution in [1.82, 2.24) is 68.1 Å². The van der Waals surface area contributed by atoms with Crippen molar-refractivity contribution >= 4 is 95.8 Å². The van der Waals surface area contributed by atoms with Gasteiger partial charge >= 0.3 is 26.9 Å². The Hall–Kier alpha value is -5.46. The summed E-state index contributed by atoms with van der Waals surface area (Å²) >= 11 is 10.6. The third kappa shape index (κ3) is 23.3. The van der Waals surface area contributed by atoms with E-state index >= 15 is 0 Å². The number of ether oxygens (including phenoxy) is 9. The number of aromatic nitrogens is 14. The maximum absolute atomic E-state index is 12.9. The van der Waals surface area contributed by atoms with Crippen LogP contribution in [0, 0.1) is 21.7 Å². The van der Waals surface area contributed by atoms with Crippen molar-refractivity contribution in [3.63, 3.8) is 0 Å². The molecule has 6 bridgehead atoms. The number of phosphoric ester groups is 1. The van der Waals surface area contributed by atoms with Gasteiger partial charge in [0.2, 0.25) is 0 Å². The lowest BCUT2D eigenvalue weighted by Gasteiger charge is -2.44. The lowest BCUT2D eigenvalue weighted by molar-refractivity contribution is -0.195. The van der Waals surface area contributed by atoms with Gasteiger partial charge in [0.1, 0.15) is 101 Å². The van der Waals surface area contributed by atoms with E-state index in [1.807, 2.05) is 46.1 Å². The van der Waals surface area contributed by atoms with Crippen LogP contribution in [0.3, 0.4) is 0 Å². The quantitative estimate of drug-likeness (QED) is 0.0370. The van der Waals surface area contributed by atoms with Crippen molar-refractivity contribution in [3.8, 4) is 0 Å². The highest BCUT2D eigenvalue weighted by Crippen LogP contribution is 2.62. The highest BCUT2D eigenvalue weighted by Gasteiger charge is 2.66. The van der Waals surface area contributed by atoms with E-state index in [0.717, 1.165) is 12.8 Å². The van der Waals surface area contributed by atoms with Crippen LogP contribution in [0.15, 0.2) is 59.8 Å². The van der Waals surface area contributed by atoms with E-state index in [9.17, 15) is 28.8 Å². The second-order valence-corrected chi connectivity index (χ2v) is 47.5. The fraction of sp³-hybridized carbons (Fsp3) is 0.756. The normalized spacial score (nSPS) is 29.9. The van der Waals surface area contributed by atoms with Gasteiger partial charge in [0.15, 0.2) is 59.3 Å². The van der Waals surface area contributed by atoms with Crippen molar-refractivity contribution in [3.05, 3.63) is 71.1 Å². The molecule has 0 aliphatic carbocycles. The number of rotatable bonds is 19. The van der Waals surface area contributed by atoms with Gasteiger partial charge in [0.05, 0.1) is 67.3 Å². The van der Waals surface area contributed by atoms with Gasteiger partial charge in [-0.3, -0.25) is 46.1 Å². The summed E-state index contributed by atoms with van der Waals surface area (Å²) in [5.74, 6) is 0.904. The van der Waals surface area contributed by atoms with Crippen molar-refractivity contribution in [1.29, 1.82) is 0 Å². The molecule has 19 atom stereocenters. The maximum Gasteiger partial charge on any atom is 0.473 e. The van der Waals surface area contributed by atoms with Crippen molar-refractivity contribution < 1.29 is 89.0 Å². The summed E-state index contributed by atoms with van der Waals surface area (Å²) in [5.41, 5.74) is 15.1. The van der Waals surface area contributed by atoms with Crippen LogP contribution in [-0.4, -0.2) is 204 Å². The van der Waals surface area contributed by atoms with E-state index in [4.69, 9.17) is 111 Å². The predicted octanol–water partition coefficient (Wildman–Crippen LogP) is 11.9. The van der Waals surface area contributed by atoms with Gasteiger partial charge in [0, 0.05) is 38.6 Å². The number of phosphoric acid groups is 1. The monoisotopic (exact) mass is 1790 g/mol. The zero-order valence-corrected chi connectivity index (χ0v) is 78.4. The van der Waals surface area contributed by atoms with Crippen LogP contribution < -0.4 is 28.5 Å². The van der Waals surface area contributed by atoms with Crippen LogP contribution in [0.4, 0.5) is 17.5 Å². The topological polar surface area (TPSA) is 480 Å². The molecule has 7 unspecified atom stereocenters. The number of fused-ring (bicyclic) bond motifs is 9. The van der Waals surface area contributed by atoms with Gasteiger partial charge in [0.25, 0.3) is 5.56 Å². The molecule has 0 spiro atoms. The Morgan fingerprint density at radius 2 is 0.843 bits per heavy atom. The van der Waals surface area contributed by atoms with E-state index in [0.29, 0.717) is 91.2 Å². The van der Waals surface area contributed by atoms with Crippen LogP contribution in [0.25, 0.3) is 33.5 Å². The van der Waals surface area contributed by atoms with Crippen LogP contribution in [0.2, 0.25) is 0 Å². The molecule has 0 radical (unpaired) electrons. The minimum atomic E-state index is -4.42. The van der Waals surface area contributed by atoms with E-state index in [-0.39, 0.29) is 57.3 Å². The van der Waals surface area contributed by atoms with Gasteiger partial charge in [-0.15, -0.1) is 0 Å². The fourth-order valence-electron chi connectivity index (χ4n) is 17.0. The number of nitrogen functional groups attached to an aromatic ring is 3. The van der Waals surface area contributed by atoms with Gasteiger partial charge in [-0.1, -0.05) is 83.1 Å². The van der Waals surface area contributed by atoms with E-state index in [1.165, 1.54) is 42.9 Å². The molecule has 0 saturated carbocycles. The molecule has 14 rings (SSSR count). The lowest BCUT2D eigenvalue weighted by atomic mass is 9.76. The molecule has 10 N–H and O–H groups in total. The Bertz CT molecular complexity index is 4910. The average molecular weight is 1800 g/mol. The lowest BCUT2D eigenvalue weighted by Crippen LogP contribution is -2.54. The molecule has 0 amide bonds. The number of aromatic amines is 1. The Morgan fingerprint density at radius 1 is 0.479 bits per heavy atom. The van der Waals surface area contributed by atoms with Gasteiger partial charge in [-0.2, -0.15) is 0 Å². The molecule has 7 aliphatic heterocycles. The van der Waals surface area contributed by atoms with Crippen LogP contribution in [0.1, 0.15) is 236 Å². The van der Waals surface area contributed by atoms with Gasteiger partial charge in [-0.25, -0.2) is 54.2 Å². The van der Waals surface area contributed by atoms with Crippen molar-refractivity contribution in [2.24, 2.45) is 21.7 Å². The molecule has 7 aromatic heterocycles. The number of imidazole rings is 3. The molecule has 121 heavy (non-hydrogen) atoms. The molecule has 14 heterocycles. The summed E-state index contributed by atoms with van der Waals surface area (Å²) in [5, 5.41) is 0. The number of hydrogen-bond donors (Lipinski definition) is 7. The molecular weight excluding hydrogens is 1670 g/mol. The minimum absolute atomic E-state index is 0.0785. The molecular formula is C78H126N17O21P3S2. The number of hydrogen-bond acceptors (Lipinski definition) is 32. The number of nitrogens with zero attached hydrogens (tertiary/aromatic N) is 13. The summed E-state index contributed by atoms with van der Waals surface area (Å²) in [4.78, 5) is 96.2. The van der Waals surface area contributed by atoms with E-state index in [2.05, 4.69) is 133 Å². The second kappa shape index (κ2) is 35.0. The largest absolute Gasteiger partial charge is 0.473 e.